The summed E-state index contributed by atoms with van der Waals surface area (Å²) in [6.07, 6.45) is 4.50. The lowest BCUT2D eigenvalue weighted by molar-refractivity contribution is 0.0515. The van der Waals surface area contributed by atoms with Crippen molar-refractivity contribution in [1.82, 2.24) is 4.98 Å². The zero-order valence-corrected chi connectivity index (χ0v) is 20.6. The Balaban J connectivity index is 1.73. The maximum Gasteiger partial charge on any atom is 0.358 e. The molecule has 0 saturated heterocycles. The second kappa shape index (κ2) is 11.1. The van der Waals surface area contributed by atoms with Crippen molar-refractivity contribution < 1.29 is 18.7 Å². The van der Waals surface area contributed by atoms with Crippen molar-refractivity contribution in [3.05, 3.63) is 88.0 Å². The van der Waals surface area contributed by atoms with Crippen LogP contribution in [0.15, 0.2) is 59.5 Å². The smallest absolute Gasteiger partial charge is 0.358 e. The molecule has 1 heterocycles. The number of hydrogen-bond acceptors (Lipinski definition) is 5. The van der Waals surface area contributed by atoms with Gasteiger partial charge in [-0.3, -0.25) is 0 Å². The highest BCUT2D eigenvalue weighted by Gasteiger charge is 2.24. The minimum atomic E-state index is -0.425. The maximum absolute atomic E-state index is 14.1. The summed E-state index contributed by atoms with van der Waals surface area (Å²) in [5.74, 6) is -0.0951. The van der Waals surface area contributed by atoms with Gasteiger partial charge in [-0.05, 0) is 80.0 Å². The maximum atomic E-state index is 14.1. The van der Waals surface area contributed by atoms with Crippen molar-refractivity contribution in [2.24, 2.45) is 0 Å². The molecule has 0 amide bonds. The Morgan fingerprint density at radius 2 is 1.91 bits per heavy atom. The predicted molar refractivity (Wildman–Crippen MR) is 135 cm³/mol. The molecule has 0 fully saturated rings. The Kier molecular flexibility index (Phi) is 7.91. The zero-order chi connectivity index (χ0) is 24.1. The molecule has 34 heavy (non-hydrogen) atoms. The van der Waals surface area contributed by atoms with Crippen molar-refractivity contribution in [2.75, 3.05) is 12.9 Å². The fourth-order valence-corrected chi connectivity index (χ4v) is 4.78. The number of hydrogen-bond donors (Lipinski definition) is 0. The summed E-state index contributed by atoms with van der Waals surface area (Å²) in [7, 11) is 0. The number of thioether (sulfide) groups is 1. The Hall–Kier alpha value is -2.83. The van der Waals surface area contributed by atoms with Crippen molar-refractivity contribution in [2.45, 2.75) is 37.7 Å². The quantitative estimate of drug-likeness (QED) is 0.239. The topological polar surface area (TPSA) is 48.4 Å². The summed E-state index contributed by atoms with van der Waals surface area (Å²) in [4.78, 5) is 18.0. The van der Waals surface area contributed by atoms with Crippen LogP contribution in [0.2, 0.25) is 5.02 Å². The van der Waals surface area contributed by atoms with Gasteiger partial charge in [0.05, 0.1) is 12.3 Å². The van der Waals surface area contributed by atoms with E-state index in [1.54, 1.807) is 31.2 Å². The number of esters is 1. The fraction of sp³-hybridized carbons (Fsp3) is 0.259. The highest BCUT2D eigenvalue weighted by atomic mass is 35.5. The molecule has 0 saturated carbocycles. The third-order valence-electron chi connectivity index (χ3n) is 5.68. The molecular weight excluding hydrogens is 473 g/mol. The molecular formula is C27H25ClFNO3S. The number of pyridine rings is 1. The number of carbonyl (C=O) groups excluding carboxylic acids is 1. The highest BCUT2D eigenvalue weighted by Crippen LogP contribution is 2.43. The highest BCUT2D eigenvalue weighted by molar-refractivity contribution is 7.98. The number of rotatable bonds is 8. The van der Waals surface area contributed by atoms with Crippen LogP contribution in [0.25, 0.3) is 11.1 Å². The molecule has 0 aliphatic heterocycles. The molecule has 176 valence electrons. The lowest BCUT2D eigenvalue weighted by atomic mass is 9.98. The molecule has 2 aromatic carbocycles. The van der Waals surface area contributed by atoms with Gasteiger partial charge < -0.3 is 9.47 Å². The second-order valence-electron chi connectivity index (χ2n) is 7.80. The number of aromatic nitrogens is 1. The van der Waals surface area contributed by atoms with Crippen LogP contribution in [0.5, 0.6) is 5.75 Å². The molecule has 7 heteroatoms. The van der Waals surface area contributed by atoms with Crippen LogP contribution >= 0.6 is 23.4 Å². The summed E-state index contributed by atoms with van der Waals surface area (Å²) in [5.41, 5.74) is 4.55. The molecule has 4 nitrogen and oxygen atoms in total. The molecule has 0 radical (unpaired) electrons. The summed E-state index contributed by atoms with van der Waals surface area (Å²) < 4.78 is 25.4. The minimum absolute atomic E-state index is 0.109. The largest absolute Gasteiger partial charge is 0.488 e. The molecule has 1 aliphatic carbocycles. The van der Waals surface area contributed by atoms with Crippen LogP contribution in [0.1, 0.15) is 53.5 Å². The van der Waals surface area contributed by atoms with E-state index in [4.69, 9.17) is 26.1 Å². The lowest BCUT2D eigenvalue weighted by Crippen LogP contribution is -2.10. The standard InChI is InChI=1S/C27H25ClFNO3S/c1-3-32-27(31)26-25(34-2)14-12-23(30-26)20-9-6-8-19(20)21-15-18(28)11-13-24(21)33-16-17-7-4-5-10-22(17)29/h4-5,7,10-15H,3,6,8-9,16H2,1-2H3. The van der Waals surface area contributed by atoms with Gasteiger partial charge in [-0.2, -0.15) is 0 Å². The van der Waals surface area contributed by atoms with Crippen molar-refractivity contribution >= 4 is 40.5 Å². The van der Waals surface area contributed by atoms with Gasteiger partial charge in [0.1, 0.15) is 18.2 Å². The first kappa shape index (κ1) is 24.3. The number of allylic oxidation sites excluding steroid dienone is 2. The Bertz CT molecular complexity index is 1240. The van der Waals surface area contributed by atoms with E-state index in [0.717, 1.165) is 46.6 Å². The van der Waals surface area contributed by atoms with E-state index in [1.807, 2.05) is 30.5 Å². The Morgan fingerprint density at radius 3 is 2.68 bits per heavy atom. The molecule has 0 N–H and O–H groups in total. The average molecular weight is 498 g/mol. The van der Waals surface area contributed by atoms with E-state index in [0.29, 0.717) is 22.0 Å². The van der Waals surface area contributed by atoms with E-state index in [9.17, 15) is 9.18 Å². The molecule has 1 aromatic heterocycles. The first-order valence-electron chi connectivity index (χ1n) is 11.1. The molecule has 0 atom stereocenters. The van der Waals surface area contributed by atoms with Crippen LogP contribution in [-0.2, 0) is 11.3 Å². The lowest BCUT2D eigenvalue weighted by Gasteiger charge is -2.16. The van der Waals surface area contributed by atoms with Gasteiger partial charge in [0.2, 0.25) is 0 Å². The van der Waals surface area contributed by atoms with E-state index in [-0.39, 0.29) is 19.0 Å². The number of benzene rings is 2. The van der Waals surface area contributed by atoms with E-state index >= 15 is 0 Å². The summed E-state index contributed by atoms with van der Waals surface area (Å²) in [6, 6.07) is 15.9. The van der Waals surface area contributed by atoms with Gasteiger partial charge in [-0.25, -0.2) is 14.2 Å². The van der Waals surface area contributed by atoms with Gasteiger partial charge >= 0.3 is 5.97 Å². The van der Waals surface area contributed by atoms with E-state index in [1.165, 1.54) is 17.8 Å². The summed E-state index contributed by atoms with van der Waals surface area (Å²) in [6.45, 7) is 2.18. The fourth-order valence-electron chi connectivity index (χ4n) is 4.08. The first-order chi connectivity index (χ1) is 16.5. The van der Waals surface area contributed by atoms with Gasteiger partial charge in [0.15, 0.2) is 5.69 Å². The normalized spacial score (nSPS) is 13.3. The van der Waals surface area contributed by atoms with Crippen LogP contribution in [0.3, 0.4) is 0 Å². The van der Waals surface area contributed by atoms with Crippen LogP contribution < -0.4 is 4.74 Å². The van der Waals surface area contributed by atoms with Crippen LogP contribution in [0.4, 0.5) is 4.39 Å². The molecule has 0 spiro atoms. The molecule has 3 aromatic rings. The van der Waals surface area contributed by atoms with E-state index in [2.05, 4.69) is 0 Å². The number of carbonyl (C=O) groups is 1. The van der Waals surface area contributed by atoms with Gasteiger partial charge in [-0.15, -0.1) is 11.8 Å². The monoisotopic (exact) mass is 497 g/mol. The van der Waals surface area contributed by atoms with Crippen LogP contribution in [0, 0.1) is 5.82 Å². The van der Waals surface area contributed by atoms with Crippen molar-refractivity contribution in [3.8, 4) is 5.75 Å². The summed E-state index contributed by atoms with van der Waals surface area (Å²) in [5, 5.41) is 0.588. The average Bonchev–Trinajstić information content (AvgIpc) is 3.33. The molecule has 4 rings (SSSR count). The zero-order valence-electron chi connectivity index (χ0n) is 19.1. The SMILES string of the molecule is CCOC(=O)c1nc(C2=C(c3cc(Cl)ccc3OCc3ccccc3F)CCC2)ccc1SC. The number of ether oxygens (including phenoxy) is 2. The Labute approximate surface area is 208 Å². The van der Waals surface area contributed by atoms with Gasteiger partial charge in [0.25, 0.3) is 0 Å². The third kappa shape index (κ3) is 5.29. The molecule has 1 aliphatic rings. The minimum Gasteiger partial charge on any atom is -0.488 e. The van der Waals surface area contributed by atoms with E-state index < -0.39 is 5.97 Å². The molecule has 0 unspecified atom stereocenters. The van der Waals surface area contributed by atoms with Gasteiger partial charge in [-0.1, -0.05) is 29.8 Å². The van der Waals surface area contributed by atoms with Crippen LogP contribution in [-0.4, -0.2) is 23.8 Å². The Morgan fingerprint density at radius 1 is 1.12 bits per heavy atom. The number of halogens is 2. The molecule has 0 bridgehead atoms. The first-order valence-corrected chi connectivity index (χ1v) is 12.7. The van der Waals surface area contributed by atoms with Crippen molar-refractivity contribution in [3.63, 3.8) is 0 Å². The third-order valence-corrected chi connectivity index (χ3v) is 6.69. The van der Waals surface area contributed by atoms with Gasteiger partial charge in [0, 0.05) is 21.0 Å². The number of nitrogens with zero attached hydrogens (tertiary/aromatic N) is 1. The van der Waals surface area contributed by atoms with Crippen molar-refractivity contribution in [1.29, 1.82) is 0 Å². The second-order valence-corrected chi connectivity index (χ2v) is 9.08. The summed E-state index contributed by atoms with van der Waals surface area (Å²) >= 11 is 7.82. The predicted octanol–water partition coefficient (Wildman–Crippen LogP) is 7.45.